The van der Waals surface area contributed by atoms with E-state index in [-0.39, 0.29) is 0 Å². The molecule has 0 saturated carbocycles. The second kappa shape index (κ2) is 6.80. The molecule has 0 spiro atoms. The normalized spacial score (nSPS) is 10.6. The highest BCUT2D eigenvalue weighted by atomic mass is 127. The van der Waals surface area contributed by atoms with Crippen molar-refractivity contribution in [1.29, 1.82) is 0 Å². The molecule has 0 amide bonds. The van der Waals surface area contributed by atoms with Crippen LogP contribution in [0.4, 0.5) is 0 Å². The van der Waals surface area contributed by atoms with Crippen molar-refractivity contribution in [3.05, 3.63) is 51.5 Å². The molecule has 0 unspecified atom stereocenters. The summed E-state index contributed by atoms with van der Waals surface area (Å²) in [6, 6.07) is 12.1. The molecule has 1 aromatic carbocycles. The van der Waals surface area contributed by atoms with Crippen molar-refractivity contribution >= 4 is 22.6 Å². The first-order chi connectivity index (χ1) is 8.78. The Bertz CT molecular complexity index is 479. The maximum atomic E-state index is 5.47. The molecule has 18 heavy (non-hydrogen) atoms. The van der Waals surface area contributed by atoms with Crippen LogP contribution in [-0.2, 0) is 13.0 Å². The Morgan fingerprint density at radius 2 is 1.94 bits per heavy atom. The zero-order valence-electron chi connectivity index (χ0n) is 10.3. The van der Waals surface area contributed by atoms with Crippen LogP contribution in [0.25, 0.3) is 0 Å². The number of nitrogens with one attached hydrogen (secondary N) is 1. The maximum absolute atomic E-state index is 5.47. The van der Waals surface area contributed by atoms with E-state index in [4.69, 9.17) is 9.15 Å². The highest BCUT2D eigenvalue weighted by Gasteiger charge is 1.99. The summed E-state index contributed by atoms with van der Waals surface area (Å²) in [4.78, 5) is 0. The number of benzene rings is 1. The van der Waals surface area contributed by atoms with Crippen LogP contribution in [0.2, 0.25) is 0 Å². The Balaban J connectivity index is 1.71. The van der Waals surface area contributed by atoms with E-state index in [0.29, 0.717) is 0 Å². The highest BCUT2D eigenvalue weighted by Crippen LogP contribution is 2.12. The van der Waals surface area contributed by atoms with E-state index in [2.05, 4.69) is 40.0 Å². The Morgan fingerprint density at radius 1 is 1.17 bits per heavy atom. The van der Waals surface area contributed by atoms with Gasteiger partial charge < -0.3 is 14.5 Å². The van der Waals surface area contributed by atoms with Gasteiger partial charge >= 0.3 is 0 Å². The third kappa shape index (κ3) is 4.03. The zero-order valence-corrected chi connectivity index (χ0v) is 12.4. The first-order valence-corrected chi connectivity index (χ1v) is 6.93. The van der Waals surface area contributed by atoms with Crippen molar-refractivity contribution in [2.24, 2.45) is 0 Å². The Labute approximate surface area is 121 Å². The summed E-state index contributed by atoms with van der Waals surface area (Å²) in [6.45, 7) is 1.71. The molecule has 2 aromatic rings. The molecular weight excluding hydrogens is 341 g/mol. The Hall–Kier alpha value is -1.01. The monoisotopic (exact) mass is 357 g/mol. The minimum Gasteiger partial charge on any atom is -0.497 e. The molecule has 1 N–H and O–H groups in total. The first-order valence-electron chi connectivity index (χ1n) is 5.86. The quantitative estimate of drug-likeness (QED) is 0.637. The lowest BCUT2D eigenvalue weighted by Crippen LogP contribution is -2.16. The molecule has 2 rings (SSSR count). The average molecular weight is 357 g/mol. The van der Waals surface area contributed by atoms with E-state index >= 15 is 0 Å². The third-order valence-electron chi connectivity index (χ3n) is 2.68. The van der Waals surface area contributed by atoms with Crippen LogP contribution in [0.3, 0.4) is 0 Å². The molecular formula is C14H16INO2. The molecule has 0 fully saturated rings. The van der Waals surface area contributed by atoms with Crippen LogP contribution in [0.15, 0.2) is 40.8 Å². The molecule has 1 aromatic heterocycles. The molecule has 0 bridgehead atoms. The van der Waals surface area contributed by atoms with Crippen molar-refractivity contribution in [2.45, 2.75) is 13.0 Å². The summed E-state index contributed by atoms with van der Waals surface area (Å²) in [5, 5.41) is 3.36. The van der Waals surface area contributed by atoms with Gasteiger partial charge in [0.25, 0.3) is 0 Å². The maximum Gasteiger partial charge on any atom is 0.164 e. The summed E-state index contributed by atoms with van der Waals surface area (Å²) in [5.41, 5.74) is 1.30. The van der Waals surface area contributed by atoms with Gasteiger partial charge in [0, 0.05) is 0 Å². The average Bonchev–Trinajstić information content (AvgIpc) is 2.81. The van der Waals surface area contributed by atoms with Crippen molar-refractivity contribution in [3.8, 4) is 5.75 Å². The van der Waals surface area contributed by atoms with E-state index in [1.165, 1.54) is 5.56 Å². The molecule has 0 atom stereocenters. The van der Waals surface area contributed by atoms with Gasteiger partial charge in [0.2, 0.25) is 0 Å². The lowest BCUT2D eigenvalue weighted by molar-refractivity contribution is 0.414. The number of methoxy groups -OCH3 is 1. The van der Waals surface area contributed by atoms with Crippen molar-refractivity contribution in [1.82, 2.24) is 5.32 Å². The molecule has 0 aliphatic rings. The predicted octanol–water partition coefficient (Wildman–Crippen LogP) is 3.23. The van der Waals surface area contributed by atoms with E-state index in [1.807, 2.05) is 24.3 Å². The van der Waals surface area contributed by atoms with Gasteiger partial charge in [0.1, 0.15) is 11.5 Å². The van der Waals surface area contributed by atoms with Crippen LogP contribution < -0.4 is 10.1 Å². The fourth-order valence-corrected chi connectivity index (χ4v) is 2.15. The Morgan fingerprint density at radius 3 is 2.56 bits per heavy atom. The topological polar surface area (TPSA) is 34.4 Å². The van der Waals surface area contributed by atoms with Gasteiger partial charge in [-0.15, -0.1) is 0 Å². The SMILES string of the molecule is COc1ccc(CCNCc2ccc(I)o2)cc1. The number of rotatable bonds is 6. The fourth-order valence-electron chi connectivity index (χ4n) is 1.68. The fraction of sp³-hybridized carbons (Fsp3) is 0.286. The van der Waals surface area contributed by atoms with Gasteiger partial charge in [-0.05, 0) is 65.4 Å². The summed E-state index contributed by atoms with van der Waals surface area (Å²) in [5.74, 6) is 1.88. The molecule has 0 aliphatic carbocycles. The summed E-state index contributed by atoms with van der Waals surface area (Å²) in [6.07, 6.45) is 1.00. The van der Waals surface area contributed by atoms with Gasteiger partial charge in [-0.25, -0.2) is 0 Å². The van der Waals surface area contributed by atoms with Crippen LogP contribution in [0.5, 0.6) is 5.75 Å². The van der Waals surface area contributed by atoms with E-state index in [9.17, 15) is 0 Å². The van der Waals surface area contributed by atoms with Crippen LogP contribution >= 0.6 is 22.6 Å². The smallest absolute Gasteiger partial charge is 0.164 e. The molecule has 96 valence electrons. The second-order valence-electron chi connectivity index (χ2n) is 3.98. The predicted molar refractivity (Wildman–Crippen MR) is 79.8 cm³/mol. The molecule has 1 heterocycles. The van der Waals surface area contributed by atoms with Crippen molar-refractivity contribution in [2.75, 3.05) is 13.7 Å². The van der Waals surface area contributed by atoms with Crippen LogP contribution in [0, 0.1) is 3.77 Å². The number of hydrogen-bond donors (Lipinski definition) is 1. The lowest BCUT2D eigenvalue weighted by atomic mass is 10.1. The standard InChI is InChI=1S/C14H16INO2/c1-17-12-4-2-11(3-5-12)8-9-16-10-13-6-7-14(15)18-13/h2-7,16H,8-10H2,1H3. The van der Waals surface area contributed by atoms with Gasteiger partial charge in [0.15, 0.2) is 3.77 Å². The van der Waals surface area contributed by atoms with Crippen LogP contribution in [-0.4, -0.2) is 13.7 Å². The summed E-state index contributed by atoms with van der Waals surface area (Å²) in [7, 11) is 1.68. The van der Waals surface area contributed by atoms with E-state index in [1.54, 1.807) is 7.11 Å². The Kier molecular flexibility index (Phi) is 5.07. The number of ether oxygens (including phenoxy) is 1. The molecule has 0 radical (unpaired) electrons. The van der Waals surface area contributed by atoms with Crippen molar-refractivity contribution < 1.29 is 9.15 Å². The lowest BCUT2D eigenvalue weighted by Gasteiger charge is -2.04. The van der Waals surface area contributed by atoms with E-state index < -0.39 is 0 Å². The second-order valence-corrected chi connectivity index (χ2v) is 5.04. The number of furan rings is 1. The largest absolute Gasteiger partial charge is 0.497 e. The van der Waals surface area contributed by atoms with Gasteiger partial charge in [-0.1, -0.05) is 12.1 Å². The number of halogens is 1. The zero-order chi connectivity index (χ0) is 12.8. The van der Waals surface area contributed by atoms with Gasteiger partial charge in [-0.2, -0.15) is 0 Å². The third-order valence-corrected chi connectivity index (χ3v) is 3.26. The van der Waals surface area contributed by atoms with E-state index in [0.717, 1.165) is 34.8 Å². The van der Waals surface area contributed by atoms with Gasteiger partial charge in [-0.3, -0.25) is 0 Å². The summed E-state index contributed by atoms with van der Waals surface area (Å²) >= 11 is 2.17. The number of hydrogen-bond acceptors (Lipinski definition) is 3. The minimum atomic E-state index is 0.777. The minimum absolute atomic E-state index is 0.777. The first kappa shape index (κ1) is 13.4. The molecule has 4 heteroatoms. The molecule has 0 saturated heterocycles. The molecule has 3 nitrogen and oxygen atoms in total. The van der Waals surface area contributed by atoms with Crippen molar-refractivity contribution in [3.63, 3.8) is 0 Å². The summed E-state index contributed by atoms with van der Waals surface area (Å²) < 4.78 is 11.5. The molecule has 0 aliphatic heterocycles. The van der Waals surface area contributed by atoms with Crippen LogP contribution in [0.1, 0.15) is 11.3 Å². The highest BCUT2D eigenvalue weighted by molar-refractivity contribution is 14.1. The van der Waals surface area contributed by atoms with Gasteiger partial charge in [0.05, 0.1) is 13.7 Å².